The maximum Gasteiger partial charge on any atom is 0.121 e. The number of hydrogen-bond acceptors (Lipinski definition) is 7. The summed E-state index contributed by atoms with van der Waals surface area (Å²) in [5.41, 5.74) is 0. The van der Waals surface area contributed by atoms with Crippen LogP contribution in [0.15, 0.2) is 5.16 Å². The molecular formula is C6H13NO6. The summed E-state index contributed by atoms with van der Waals surface area (Å²) in [6.07, 6.45) is -6.02. The van der Waals surface area contributed by atoms with Gasteiger partial charge in [-0.1, -0.05) is 5.16 Å². The molecule has 13 heavy (non-hydrogen) atoms. The lowest BCUT2D eigenvalue weighted by molar-refractivity contribution is -0.100. The van der Waals surface area contributed by atoms with E-state index in [1.54, 1.807) is 0 Å². The normalized spacial score (nSPS) is 21.3. The zero-order valence-electron chi connectivity index (χ0n) is 6.72. The van der Waals surface area contributed by atoms with Gasteiger partial charge in [-0.3, -0.25) is 0 Å². The zero-order valence-corrected chi connectivity index (χ0v) is 6.72. The standard InChI is InChI=1S/C6H13NO6/c8-2-4(10)6(12)5(11)3(9)1-7-13/h1,3-6,8-13H,2H2/b7-1+/t3-,4+,5-,6-/m0/s1. The van der Waals surface area contributed by atoms with E-state index in [2.05, 4.69) is 5.16 Å². The molecule has 0 aliphatic carbocycles. The van der Waals surface area contributed by atoms with Crippen molar-refractivity contribution in [3.63, 3.8) is 0 Å². The third-order valence-corrected chi connectivity index (χ3v) is 1.50. The molecule has 0 saturated heterocycles. The molecule has 0 aliphatic heterocycles. The van der Waals surface area contributed by atoms with Gasteiger partial charge in [0, 0.05) is 0 Å². The van der Waals surface area contributed by atoms with E-state index in [1.165, 1.54) is 0 Å². The molecule has 0 heterocycles. The van der Waals surface area contributed by atoms with Crippen molar-refractivity contribution < 1.29 is 30.7 Å². The fourth-order valence-electron chi connectivity index (χ4n) is 0.694. The summed E-state index contributed by atoms with van der Waals surface area (Å²) in [5, 5.41) is 54.6. The summed E-state index contributed by atoms with van der Waals surface area (Å²) in [4.78, 5) is 0. The summed E-state index contributed by atoms with van der Waals surface area (Å²) in [5.74, 6) is 0. The largest absolute Gasteiger partial charge is 0.411 e. The fraction of sp³-hybridized carbons (Fsp3) is 0.833. The Hall–Kier alpha value is -0.730. The van der Waals surface area contributed by atoms with Crippen LogP contribution in [0.4, 0.5) is 0 Å². The van der Waals surface area contributed by atoms with Crippen molar-refractivity contribution in [2.75, 3.05) is 6.61 Å². The molecule has 0 aromatic heterocycles. The third kappa shape index (κ3) is 3.66. The van der Waals surface area contributed by atoms with Gasteiger partial charge in [0.25, 0.3) is 0 Å². The lowest BCUT2D eigenvalue weighted by Gasteiger charge is -2.23. The Balaban J connectivity index is 4.15. The van der Waals surface area contributed by atoms with Crippen LogP contribution in [-0.4, -0.2) is 68.0 Å². The van der Waals surface area contributed by atoms with Crippen LogP contribution in [-0.2, 0) is 0 Å². The summed E-state index contributed by atoms with van der Waals surface area (Å²) >= 11 is 0. The van der Waals surface area contributed by atoms with Gasteiger partial charge in [-0.15, -0.1) is 0 Å². The van der Waals surface area contributed by atoms with Gasteiger partial charge in [0.1, 0.15) is 24.4 Å². The fourth-order valence-corrected chi connectivity index (χ4v) is 0.694. The van der Waals surface area contributed by atoms with Gasteiger partial charge in [0.05, 0.1) is 12.8 Å². The Morgan fingerprint density at radius 3 is 2.00 bits per heavy atom. The van der Waals surface area contributed by atoms with E-state index < -0.39 is 31.0 Å². The minimum atomic E-state index is -1.72. The van der Waals surface area contributed by atoms with Crippen molar-refractivity contribution >= 4 is 6.21 Å². The molecule has 0 unspecified atom stereocenters. The monoisotopic (exact) mass is 195 g/mol. The van der Waals surface area contributed by atoms with Gasteiger partial charge in [-0.05, 0) is 0 Å². The molecule has 7 nitrogen and oxygen atoms in total. The highest BCUT2D eigenvalue weighted by atomic mass is 16.4. The number of oxime groups is 1. The molecule has 0 spiro atoms. The van der Waals surface area contributed by atoms with Crippen LogP contribution in [0.1, 0.15) is 0 Å². The SMILES string of the molecule is OC[C@@H](O)[C@H](O)[C@@H](O)[C@@H](O)/C=N/O. The first-order chi connectivity index (χ1) is 6.04. The Morgan fingerprint density at radius 2 is 1.62 bits per heavy atom. The molecule has 0 saturated carbocycles. The molecule has 0 radical (unpaired) electrons. The van der Waals surface area contributed by atoms with E-state index >= 15 is 0 Å². The maximum absolute atomic E-state index is 9.05. The first-order valence-corrected chi connectivity index (χ1v) is 3.55. The Bertz CT molecular complexity index is 163. The Morgan fingerprint density at radius 1 is 1.08 bits per heavy atom. The molecule has 0 aliphatic rings. The van der Waals surface area contributed by atoms with Crippen LogP contribution < -0.4 is 0 Å². The molecule has 0 amide bonds. The first kappa shape index (κ1) is 12.3. The van der Waals surface area contributed by atoms with Crippen LogP contribution in [0.2, 0.25) is 0 Å². The topological polar surface area (TPSA) is 134 Å². The van der Waals surface area contributed by atoms with Gasteiger partial charge < -0.3 is 30.7 Å². The van der Waals surface area contributed by atoms with Gasteiger partial charge in [0.15, 0.2) is 0 Å². The van der Waals surface area contributed by atoms with Crippen LogP contribution in [0.25, 0.3) is 0 Å². The van der Waals surface area contributed by atoms with E-state index in [4.69, 9.17) is 30.7 Å². The van der Waals surface area contributed by atoms with E-state index in [-0.39, 0.29) is 0 Å². The molecule has 4 atom stereocenters. The lowest BCUT2D eigenvalue weighted by atomic mass is 10.0. The van der Waals surface area contributed by atoms with Crippen molar-refractivity contribution in [3.05, 3.63) is 0 Å². The average Bonchev–Trinajstić information content (AvgIpc) is 2.14. The third-order valence-electron chi connectivity index (χ3n) is 1.50. The van der Waals surface area contributed by atoms with Crippen molar-refractivity contribution in [1.82, 2.24) is 0 Å². The van der Waals surface area contributed by atoms with Gasteiger partial charge in [0.2, 0.25) is 0 Å². The highest BCUT2D eigenvalue weighted by Gasteiger charge is 2.29. The summed E-state index contributed by atoms with van der Waals surface area (Å²) in [6.45, 7) is -0.749. The van der Waals surface area contributed by atoms with Crippen molar-refractivity contribution in [1.29, 1.82) is 0 Å². The second-order valence-corrected chi connectivity index (χ2v) is 2.49. The number of rotatable bonds is 5. The van der Waals surface area contributed by atoms with Crippen LogP contribution in [0.5, 0.6) is 0 Å². The predicted molar refractivity (Wildman–Crippen MR) is 41.4 cm³/mol. The van der Waals surface area contributed by atoms with Crippen molar-refractivity contribution in [2.45, 2.75) is 24.4 Å². The number of hydrogen-bond donors (Lipinski definition) is 6. The van der Waals surface area contributed by atoms with Crippen molar-refractivity contribution in [3.8, 4) is 0 Å². The molecular weight excluding hydrogens is 182 g/mol. The number of nitrogens with zero attached hydrogens (tertiary/aromatic N) is 1. The van der Waals surface area contributed by atoms with Crippen LogP contribution in [0, 0.1) is 0 Å². The predicted octanol–water partition coefficient (Wildman–Crippen LogP) is -3.12. The number of aliphatic hydroxyl groups is 5. The zero-order chi connectivity index (χ0) is 10.4. The Labute approximate surface area is 74.2 Å². The first-order valence-electron chi connectivity index (χ1n) is 3.55. The minimum absolute atomic E-state index is 0.581. The lowest BCUT2D eigenvalue weighted by Crippen LogP contribution is -2.46. The van der Waals surface area contributed by atoms with Gasteiger partial charge in [-0.2, -0.15) is 0 Å². The molecule has 7 heteroatoms. The molecule has 6 N–H and O–H groups in total. The average molecular weight is 195 g/mol. The van der Waals surface area contributed by atoms with E-state index in [1.807, 2.05) is 0 Å². The summed E-state index contributed by atoms with van der Waals surface area (Å²) in [6, 6.07) is 0. The highest BCUT2D eigenvalue weighted by molar-refractivity contribution is 5.62. The molecule has 0 bridgehead atoms. The molecule has 0 aromatic carbocycles. The number of aliphatic hydroxyl groups excluding tert-OH is 5. The summed E-state index contributed by atoms with van der Waals surface area (Å²) in [7, 11) is 0. The smallest absolute Gasteiger partial charge is 0.121 e. The van der Waals surface area contributed by atoms with E-state index in [9.17, 15) is 0 Å². The second kappa shape index (κ2) is 5.84. The van der Waals surface area contributed by atoms with Crippen molar-refractivity contribution in [2.24, 2.45) is 5.16 Å². The quantitative estimate of drug-likeness (QED) is 0.156. The minimum Gasteiger partial charge on any atom is -0.411 e. The molecule has 0 fully saturated rings. The van der Waals surface area contributed by atoms with E-state index in [0.717, 1.165) is 0 Å². The molecule has 0 rings (SSSR count). The van der Waals surface area contributed by atoms with Gasteiger partial charge >= 0.3 is 0 Å². The highest BCUT2D eigenvalue weighted by Crippen LogP contribution is 2.03. The molecule has 78 valence electrons. The summed E-state index contributed by atoms with van der Waals surface area (Å²) < 4.78 is 0. The van der Waals surface area contributed by atoms with Gasteiger partial charge in [-0.25, -0.2) is 0 Å². The van der Waals surface area contributed by atoms with Crippen LogP contribution >= 0.6 is 0 Å². The second-order valence-electron chi connectivity index (χ2n) is 2.49. The molecule has 0 aromatic rings. The van der Waals surface area contributed by atoms with E-state index in [0.29, 0.717) is 6.21 Å². The maximum atomic E-state index is 9.05. The van der Waals surface area contributed by atoms with Crippen LogP contribution in [0.3, 0.4) is 0 Å². The Kier molecular flexibility index (Phi) is 5.51.